The largest absolute Gasteiger partial charge is 2.00 e. The van der Waals surface area contributed by atoms with Gasteiger partial charge in [0.05, 0.1) is 0 Å². The zero-order valence-corrected chi connectivity index (χ0v) is 17.1. The zero-order valence-electron chi connectivity index (χ0n) is 9.36. The van der Waals surface area contributed by atoms with Gasteiger partial charge >= 0.3 is 83.6 Å². The third-order valence-electron chi connectivity index (χ3n) is 0. The molecule has 22 heavy (non-hydrogen) atoms. The molecule has 0 aliphatic carbocycles. The number of hydrogen-bond donors (Lipinski definition) is 0. The molecule has 0 nitrogen and oxygen atoms in total. The summed E-state index contributed by atoms with van der Waals surface area (Å²) < 4.78 is 156. The SMILES string of the molecule is F[B-](F)(F)F.F[B-](F)(F)F.F[B-](F)(F)F.F[B-](F)(F)F.[Pb+2].[Pb+2]. The summed E-state index contributed by atoms with van der Waals surface area (Å²) in [4.78, 5) is 0. The number of rotatable bonds is 0. The Kier molecular flexibility index (Phi) is 27.1. The molecule has 0 heterocycles. The predicted molar refractivity (Wildman–Crippen MR) is 52.3 cm³/mol. The van der Waals surface area contributed by atoms with Crippen LogP contribution >= 0.6 is 0 Å². The minimum atomic E-state index is -6.00. The van der Waals surface area contributed by atoms with Gasteiger partial charge in [0.25, 0.3) is 0 Å². The van der Waals surface area contributed by atoms with Gasteiger partial charge < -0.3 is 69.1 Å². The van der Waals surface area contributed by atoms with Crippen molar-refractivity contribution in [2.75, 3.05) is 0 Å². The van der Waals surface area contributed by atoms with Crippen LogP contribution in [0.4, 0.5) is 69.1 Å². The van der Waals surface area contributed by atoms with Crippen LogP contribution in [-0.2, 0) is 0 Å². The average Bonchev–Trinajstić information content (AvgIpc) is 1.62. The fraction of sp³-hybridized carbons (Fsp3) is 0. The van der Waals surface area contributed by atoms with Crippen molar-refractivity contribution in [3.63, 3.8) is 0 Å². The molecule has 22 heteroatoms. The Balaban J connectivity index is -0.0000000376. The van der Waals surface area contributed by atoms with E-state index in [1.807, 2.05) is 0 Å². The van der Waals surface area contributed by atoms with Crippen LogP contribution in [0.5, 0.6) is 0 Å². The van der Waals surface area contributed by atoms with Crippen LogP contribution in [-0.4, -0.2) is 83.6 Å². The van der Waals surface area contributed by atoms with Crippen LogP contribution in [0.2, 0.25) is 0 Å². The molecule has 0 rings (SSSR count). The van der Waals surface area contributed by atoms with Gasteiger partial charge in [0.1, 0.15) is 0 Å². The van der Waals surface area contributed by atoms with Crippen LogP contribution in [0.15, 0.2) is 0 Å². The van der Waals surface area contributed by atoms with E-state index in [1.165, 1.54) is 0 Å². The monoisotopic (exact) mass is 764 g/mol. The molecule has 0 aromatic heterocycles. The van der Waals surface area contributed by atoms with Crippen LogP contribution in [0.25, 0.3) is 0 Å². The molecule has 0 aromatic carbocycles. The summed E-state index contributed by atoms with van der Waals surface area (Å²) in [7, 11) is -24.0. The summed E-state index contributed by atoms with van der Waals surface area (Å²) in [6.07, 6.45) is 0. The summed E-state index contributed by atoms with van der Waals surface area (Å²) in [5, 5.41) is 0. The summed E-state index contributed by atoms with van der Waals surface area (Å²) >= 11 is 0. The molecular formula is B4F16Pb2. The summed E-state index contributed by atoms with van der Waals surface area (Å²) in [5.41, 5.74) is 0. The van der Waals surface area contributed by atoms with Gasteiger partial charge in [-0.3, -0.25) is 0 Å². The normalized spacial score (nSPS) is 10.9. The molecule has 0 bridgehead atoms. The molecular weight excluding hydrogens is 762 g/mol. The van der Waals surface area contributed by atoms with E-state index in [-0.39, 0.29) is 54.6 Å². The molecule has 0 saturated carbocycles. The van der Waals surface area contributed by atoms with Gasteiger partial charge in [0.15, 0.2) is 0 Å². The van der Waals surface area contributed by atoms with Crippen molar-refractivity contribution in [1.82, 2.24) is 0 Å². The Morgan fingerprint density at radius 1 is 0.227 bits per heavy atom. The van der Waals surface area contributed by atoms with Crippen molar-refractivity contribution in [3.05, 3.63) is 0 Å². The smallest absolute Gasteiger partial charge is 0.418 e. The molecule has 132 valence electrons. The standard InChI is InChI=1S/4BF4.2Pb/c4*2-1(3,4)5;;/q4*-1;2*+2. The third kappa shape index (κ3) is 8660. The van der Waals surface area contributed by atoms with E-state index >= 15 is 0 Å². The fourth-order valence-electron chi connectivity index (χ4n) is 0. The van der Waals surface area contributed by atoms with Gasteiger partial charge in [-0.25, -0.2) is 0 Å². The molecule has 0 unspecified atom stereocenters. The molecule has 0 saturated heterocycles. The molecule has 0 amide bonds. The first-order valence-electron chi connectivity index (χ1n) is 3.49. The van der Waals surface area contributed by atoms with Gasteiger partial charge in [0.2, 0.25) is 0 Å². The second-order valence-corrected chi connectivity index (χ2v) is 1.98. The van der Waals surface area contributed by atoms with Crippen LogP contribution in [0.1, 0.15) is 0 Å². The van der Waals surface area contributed by atoms with Gasteiger partial charge in [-0.05, 0) is 0 Å². The van der Waals surface area contributed by atoms with Crippen LogP contribution < -0.4 is 0 Å². The molecule has 0 N–H and O–H groups in total. The maximum Gasteiger partial charge on any atom is 2.00 e. The zero-order chi connectivity index (χ0) is 18.0. The van der Waals surface area contributed by atoms with Gasteiger partial charge in [0, 0.05) is 0 Å². The topological polar surface area (TPSA) is 0 Å². The van der Waals surface area contributed by atoms with E-state index in [9.17, 15) is 69.1 Å². The van der Waals surface area contributed by atoms with E-state index in [0.29, 0.717) is 0 Å². The Labute approximate surface area is 152 Å². The average molecular weight is 762 g/mol. The molecule has 0 fully saturated rings. The van der Waals surface area contributed by atoms with Crippen molar-refractivity contribution in [2.24, 2.45) is 0 Å². The molecule has 0 aliphatic heterocycles. The first kappa shape index (κ1) is 38.5. The minimum absolute atomic E-state index is 0. The summed E-state index contributed by atoms with van der Waals surface area (Å²) in [6.45, 7) is 0. The van der Waals surface area contributed by atoms with Crippen molar-refractivity contribution in [1.29, 1.82) is 0 Å². The molecule has 0 aromatic rings. The van der Waals surface area contributed by atoms with Gasteiger partial charge in [-0.2, -0.15) is 0 Å². The van der Waals surface area contributed by atoms with Crippen molar-refractivity contribution >= 4 is 83.6 Å². The van der Waals surface area contributed by atoms with Crippen molar-refractivity contribution in [3.8, 4) is 0 Å². The maximum absolute atomic E-state index is 9.75. The second-order valence-electron chi connectivity index (χ2n) is 1.98. The summed E-state index contributed by atoms with van der Waals surface area (Å²) in [6, 6.07) is 0. The van der Waals surface area contributed by atoms with Crippen LogP contribution in [0.3, 0.4) is 0 Å². The Morgan fingerprint density at radius 3 is 0.227 bits per heavy atom. The van der Waals surface area contributed by atoms with E-state index < -0.39 is 29.0 Å². The third-order valence-corrected chi connectivity index (χ3v) is 0. The number of hydrogen-bond acceptors (Lipinski definition) is 0. The Bertz CT molecular complexity index is 134. The van der Waals surface area contributed by atoms with Gasteiger partial charge in [-0.1, -0.05) is 0 Å². The summed E-state index contributed by atoms with van der Waals surface area (Å²) in [5.74, 6) is 0. The first-order valence-corrected chi connectivity index (χ1v) is 3.49. The molecule has 0 aliphatic rings. The predicted octanol–water partition coefficient (Wildman–Crippen LogP) is 4.44. The van der Waals surface area contributed by atoms with E-state index in [4.69, 9.17) is 0 Å². The van der Waals surface area contributed by atoms with E-state index in [1.54, 1.807) is 0 Å². The van der Waals surface area contributed by atoms with Crippen molar-refractivity contribution < 1.29 is 69.1 Å². The molecule has 0 atom stereocenters. The van der Waals surface area contributed by atoms with Gasteiger partial charge in [-0.15, -0.1) is 0 Å². The molecule has 0 spiro atoms. The molecule has 4 radical (unpaired) electrons. The minimum Gasteiger partial charge on any atom is -0.418 e. The first-order chi connectivity index (χ1) is 8.00. The van der Waals surface area contributed by atoms with E-state index in [2.05, 4.69) is 0 Å². The number of halogens is 16. The second kappa shape index (κ2) is 15.5. The maximum atomic E-state index is 9.75. The van der Waals surface area contributed by atoms with E-state index in [0.717, 1.165) is 0 Å². The Morgan fingerprint density at radius 2 is 0.227 bits per heavy atom. The fourth-order valence-corrected chi connectivity index (χ4v) is 0. The Hall–Kier alpha value is 0.984. The quantitative estimate of drug-likeness (QED) is 0.254. The van der Waals surface area contributed by atoms with Crippen LogP contribution in [0, 0.1) is 0 Å². The van der Waals surface area contributed by atoms with Crippen molar-refractivity contribution in [2.45, 2.75) is 0 Å².